The SMILES string of the molecule is CCCCN=C(Sc1ccccc1)Sc1ccccc1. The molecule has 2 aromatic carbocycles. The van der Waals surface area contributed by atoms with Crippen LogP contribution in [0.25, 0.3) is 0 Å². The Morgan fingerprint density at radius 2 is 1.35 bits per heavy atom. The minimum atomic E-state index is 0.908. The van der Waals surface area contributed by atoms with Crippen molar-refractivity contribution < 1.29 is 0 Å². The van der Waals surface area contributed by atoms with Gasteiger partial charge in [0.15, 0.2) is 0 Å². The van der Waals surface area contributed by atoms with Gasteiger partial charge in [0.2, 0.25) is 0 Å². The van der Waals surface area contributed by atoms with E-state index in [1.54, 1.807) is 23.5 Å². The van der Waals surface area contributed by atoms with Crippen molar-refractivity contribution in [2.24, 2.45) is 4.99 Å². The van der Waals surface area contributed by atoms with E-state index in [1.807, 2.05) is 12.1 Å². The summed E-state index contributed by atoms with van der Waals surface area (Å²) in [6.45, 7) is 3.11. The third-order valence-electron chi connectivity index (χ3n) is 2.65. The molecule has 20 heavy (non-hydrogen) atoms. The van der Waals surface area contributed by atoms with Crippen LogP contribution in [0, 0.1) is 0 Å². The first-order chi connectivity index (χ1) is 9.88. The molecule has 104 valence electrons. The second-order valence-corrected chi connectivity index (χ2v) is 6.71. The van der Waals surface area contributed by atoms with Crippen LogP contribution in [-0.2, 0) is 0 Å². The Morgan fingerprint density at radius 3 is 1.80 bits per heavy atom. The molecule has 0 unspecified atom stereocenters. The van der Waals surface area contributed by atoms with Crippen LogP contribution in [0.4, 0.5) is 0 Å². The minimum absolute atomic E-state index is 0.908. The van der Waals surface area contributed by atoms with E-state index in [-0.39, 0.29) is 0 Å². The zero-order valence-electron chi connectivity index (χ0n) is 11.7. The maximum absolute atomic E-state index is 4.75. The summed E-state index contributed by atoms with van der Waals surface area (Å²) in [4.78, 5) is 7.23. The average Bonchev–Trinajstić information content (AvgIpc) is 2.49. The lowest BCUT2D eigenvalue weighted by Crippen LogP contribution is -1.90. The zero-order valence-corrected chi connectivity index (χ0v) is 13.3. The second kappa shape index (κ2) is 8.88. The number of hydrogen-bond donors (Lipinski definition) is 0. The lowest BCUT2D eigenvalue weighted by atomic mass is 10.3. The normalized spacial score (nSPS) is 10.2. The molecule has 0 fully saturated rings. The van der Waals surface area contributed by atoms with Crippen LogP contribution in [-0.4, -0.2) is 10.9 Å². The Balaban J connectivity index is 2.06. The lowest BCUT2D eigenvalue weighted by Gasteiger charge is -2.06. The Morgan fingerprint density at radius 1 is 0.850 bits per heavy atom. The highest BCUT2D eigenvalue weighted by Crippen LogP contribution is 2.30. The summed E-state index contributed by atoms with van der Waals surface area (Å²) in [7, 11) is 0. The third-order valence-corrected chi connectivity index (χ3v) is 4.77. The highest BCUT2D eigenvalue weighted by Gasteiger charge is 2.05. The molecule has 0 radical (unpaired) electrons. The van der Waals surface area contributed by atoms with Crippen LogP contribution in [0.3, 0.4) is 0 Å². The smallest absolute Gasteiger partial charge is 0.134 e. The first kappa shape index (κ1) is 15.2. The summed E-state index contributed by atoms with van der Waals surface area (Å²) in [5, 5.41) is 0. The van der Waals surface area contributed by atoms with Gasteiger partial charge in [-0.1, -0.05) is 73.3 Å². The zero-order chi connectivity index (χ0) is 14.0. The molecule has 0 saturated heterocycles. The Kier molecular flexibility index (Phi) is 6.75. The van der Waals surface area contributed by atoms with Gasteiger partial charge in [-0.05, 0) is 30.7 Å². The number of aliphatic imine (C=N–C) groups is 1. The molecule has 0 saturated carbocycles. The Labute approximate surface area is 129 Å². The van der Waals surface area contributed by atoms with Gasteiger partial charge in [0.25, 0.3) is 0 Å². The van der Waals surface area contributed by atoms with Crippen LogP contribution in [0.2, 0.25) is 0 Å². The van der Waals surface area contributed by atoms with Crippen LogP contribution in [0.1, 0.15) is 19.8 Å². The van der Waals surface area contributed by atoms with Gasteiger partial charge in [-0.15, -0.1) is 0 Å². The van der Waals surface area contributed by atoms with Crippen molar-refractivity contribution >= 4 is 27.9 Å². The molecule has 0 aliphatic heterocycles. The van der Waals surface area contributed by atoms with E-state index in [2.05, 4.69) is 55.5 Å². The highest BCUT2D eigenvalue weighted by molar-refractivity contribution is 8.38. The average molecular weight is 301 g/mol. The molecule has 0 aliphatic rings. The van der Waals surface area contributed by atoms with Crippen molar-refractivity contribution in [3.05, 3.63) is 60.7 Å². The number of hydrogen-bond acceptors (Lipinski definition) is 3. The lowest BCUT2D eigenvalue weighted by molar-refractivity contribution is 0.811. The number of benzene rings is 2. The standard InChI is InChI=1S/C17H19NS2/c1-2-3-14-18-17(19-15-10-6-4-7-11-15)20-16-12-8-5-9-13-16/h4-13H,2-3,14H2,1H3. The van der Waals surface area contributed by atoms with E-state index in [1.165, 1.54) is 16.2 Å². The number of unbranched alkanes of at least 4 members (excludes halogenated alkanes) is 1. The van der Waals surface area contributed by atoms with Crippen molar-refractivity contribution in [1.29, 1.82) is 0 Å². The summed E-state index contributed by atoms with van der Waals surface area (Å²) in [5.41, 5.74) is 0. The molecule has 2 rings (SSSR count). The van der Waals surface area contributed by atoms with Gasteiger partial charge < -0.3 is 0 Å². The molecule has 0 bridgehead atoms. The quantitative estimate of drug-likeness (QED) is 0.303. The molecule has 2 aromatic rings. The predicted molar refractivity (Wildman–Crippen MR) is 91.8 cm³/mol. The maximum Gasteiger partial charge on any atom is 0.134 e. The molecular weight excluding hydrogens is 282 g/mol. The second-order valence-electron chi connectivity index (χ2n) is 4.33. The van der Waals surface area contributed by atoms with E-state index in [4.69, 9.17) is 4.99 Å². The van der Waals surface area contributed by atoms with Crippen LogP contribution >= 0.6 is 23.5 Å². The van der Waals surface area contributed by atoms with E-state index in [0.29, 0.717) is 0 Å². The summed E-state index contributed by atoms with van der Waals surface area (Å²) < 4.78 is 1.12. The fourth-order valence-electron chi connectivity index (χ4n) is 1.59. The topological polar surface area (TPSA) is 12.4 Å². The molecule has 3 heteroatoms. The molecule has 0 heterocycles. The van der Waals surface area contributed by atoms with E-state index in [0.717, 1.165) is 17.3 Å². The van der Waals surface area contributed by atoms with Crippen LogP contribution in [0.15, 0.2) is 75.4 Å². The summed E-state index contributed by atoms with van der Waals surface area (Å²) in [6.07, 6.45) is 2.33. The highest BCUT2D eigenvalue weighted by atomic mass is 32.2. The van der Waals surface area contributed by atoms with Gasteiger partial charge in [-0.3, -0.25) is 4.99 Å². The number of nitrogens with zero attached hydrogens (tertiary/aromatic N) is 1. The molecule has 0 amide bonds. The van der Waals surface area contributed by atoms with Crippen LogP contribution in [0.5, 0.6) is 0 Å². The molecule has 0 aromatic heterocycles. The van der Waals surface area contributed by atoms with Gasteiger partial charge in [0.05, 0.1) is 0 Å². The van der Waals surface area contributed by atoms with Crippen molar-refractivity contribution in [3.63, 3.8) is 0 Å². The van der Waals surface area contributed by atoms with Crippen molar-refractivity contribution in [2.45, 2.75) is 29.6 Å². The summed E-state index contributed by atoms with van der Waals surface area (Å²) in [5.74, 6) is 0. The Bertz CT molecular complexity index is 480. The first-order valence-corrected chi connectivity index (χ1v) is 8.52. The molecule has 1 nitrogen and oxygen atoms in total. The van der Waals surface area contributed by atoms with E-state index >= 15 is 0 Å². The maximum atomic E-state index is 4.75. The van der Waals surface area contributed by atoms with Gasteiger partial charge >= 0.3 is 0 Å². The molecule has 0 spiro atoms. The Hall–Kier alpha value is -1.19. The van der Waals surface area contributed by atoms with E-state index < -0.39 is 0 Å². The summed E-state index contributed by atoms with van der Waals surface area (Å²) >= 11 is 3.49. The largest absolute Gasteiger partial charge is 0.271 e. The first-order valence-electron chi connectivity index (χ1n) is 6.88. The van der Waals surface area contributed by atoms with Crippen molar-refractivity contribution in [3.8, 4) is 0 Å². The number of thioether (sulfide) groups is 2. The van der Waals surface area contributed by atoms with Gasteiger partial charge in [-0.2, -0.15) is 0 Å². The minimum Gasteiger partial charge on any atom is -0.271 e. The monoisotopic (exact) mass is 301 g/mol. The third kappa shape index (κ3) is 5.43. The van der Waals surface area contributed by atoms with Crippen LogP contribution < -0.4 is 0 Å². The molecule has 0 aliphatic carbocycles. The van der Waals surface area contributed by atoms with Crippen molar-refractivity contribution in [2.75, 3.05) is 6.54 Å². The fourth-order valence-corrected chi connectivity index (χ4v) is 3.64. The fraction of sp³-hybridized carbons (Fsp3) is 0.235. The molecule has 0 N–H and O–H groups in total. The predicted octanol–water partition coefficient (Wildman–Crippen LogP) is 5.73. The van der Waals surface area contributed by atoms with Gasteiger partial charge in [0, 0.05) is 16.3 Å². The molecular formula is C17H19NS2. The molecule has 0 atom stereocenters. The summed E-state index contributed by atoms with van der Waals surface area (Å²) in [6, 6.07) is 20.9. The van der Waals surface area contributed by atoms with Gasteiger partial charge in [-0.25, -0.2) is 0 Å². The van der Waals surface area contributed by atoms with E-state index in [9.17, 15) is 0 Å². The van der Waals surface area contributed by atoms with Gasteiger partial charge in [0.1, 0.15) is 4.38 Å². The van der Waals surface area contributed by atoms with Crippen molar-refractivity contribution in [1.82, 2.24) is 0 Å². The number of rotatable bonds is 5.